The monoisotopic (exact) mass is 308 g/mol. The molecule has 0 atom stereocenters. The molecule has 2 nitrogen and oxygen atoms in total. The summed E-state index contributed by atoms with van der Waals surface area (Å²) in [5.41, 5.74) is 3.16. The Kier molecular flexibility index (Phi) is 3.31. The summed E-state index contributed by atoms with van der Waals surface area (Å²) in [5, 5.41) is 1.66. The lowest BCUT2D eigenvalue weighted by Crippen LogP contribution is -1.88. The van der Waals surface area contributed by atoms with E-state index in [0.717, 1.165) is 22.3 Å². The van der Waals surface area contributed by atoms with Crippen LogP contribution in [0.5, 0.6) is 0 Å². The predicted octanol–water partition coefficient (Wildman–Crippen LogP) is 5.26. The van der Waals surface area contributed by atoms with Gasteiger partial charge in [-0.3, -0.25) is 4.98 Å². The molecule has 94 valence electrons. The number of benzene rings is 2. The highest BCUT2D eigenvalue weighted by Crippen LogP contribution is 2.28. The summed E-state index contributed by atoms with van der Waals surface area (Å²) in [7, 11) is 0. The maximum absolute atomic E-state index is 6.01. The van der Waals surface area contributed by atoms with Gasteiger partial charge in [-0.25, -0.2) is 4.98 Å². The Balaban J connectivity index is 2.14. The van der Waals surface area contributed by atoms with Crippen molar-refractivity contribution in [3.63, 3.8) is 0 Å². The number of rotatable bonds is 1. The summed E-state index contributed by atoms with van der Waals surface area (Å²) >= 11 is 17.8. The maximum atomic E-state index is 6.01. The number of nitrogens with zero attached hydrogens (tertiary/aromatic N) is 2. The Morgan fingerprint density at radius 3 is 2.42 bits per heavy atom. The normalized spacial score (nSPS) is 10.9. The van der Waals surface area contributed by atoms with Crippen molar-refractivity contribution < 1.29 is 0 Å². The van der Waals surface area contributed by atoms with Gasteiger partial charge in [0.2, 0.25) is 0 Å². The smallest absolute Gasteiger partial charge is 0.0902 e. The average Bonchev–Trinajstić information content (AvgIpc) is 2.41. The Morgan fingerprint density at radius 1 is 0.789 bits per heavy atom. The zero-order valence-electron chi connectivity index (χ0n) is 9.57. The molecular weight excluding hydrogens is 303 g/mol. The van der Waals surface area contributed by atoms with E-state index in [-0.39, 0.29) is 0 Å². The fourth-order valence-electron chi connectivity index (χ4n) is 1.78. The fourth-order valence-corrected chi connectivity index (χ4v) is 2.24. The second kappa shape index (κ2) is 4.97. The molecule has 0 bridgehead atoms. The highest BCUT2D eigenvalue weighted by Gasteiger charge is 2.05. The van der Waals surface area contributed by atoms with E-state index in [2.05, 4.69) is 9.97 Å². The second-order valence-electron chi connectivity index (χ2n) is 4.02. The van der Waals surface area contributed by atoms with Crippen LogP contribution in [0, 0.1) is 0 Å². The zero-order valence-corrected chi connectivity index (χ0v) is 11.8. The molecular formula is C14H7Cl3N2. The lowest BCUT2D eigenvalue weighted by molar-refractivity contribution is 1.29. The van der Waals surface area contributed by atoms with Crippen molar-refractivity contribution in [2.45, 2.75) is 0 Å². The average molecular weight is 310 g/mol. The third-order valence-corrected chi connectivity index (χ3v) is 3.69. The van der Waals surface area contributed by atoms with Crippen molar-refractivity contribution >= 4 is 45.8 Å². The Hall–Kier alpha value is -1.35. The van der Waals surface area contributed by atoms with Crippen LogP contribution in [-0.4, -0.2) is 9.97 Å². The van der Waals surface area contributed by atoms with E-state index in [1.54, 1.807) is 30.5 Å². The summed E-state index contributed by atoms with van der Waals surface area (Å²) < 4.78 is 0. The van der Waals surface area contributed by atoms with Crippen LogP contribution < -0.4 is 0 Å². The molecule has 0 saturated carbocycles. The topological polar surface area (TPSA) is 25.8 Å². The van der Waals surface area contributed by atoms with Gasteiger partial charge in [-0.15, -0.1) is 0 Å². The number of hydrogen-bond acceptors (Lipinski definition) is 2. The number of fused-ring (bicyclic) bond motifs is 1. The van der Waals surface area contributed by atoms with Crippen molar-refractivity contribution in [3.05, 3.63) is 57.7 Å². The predicted molar refractivity (Wildman–Crippen MR) is 80.0 cm³/mol. The molecule has 0 amide bonds. The van der Waals surface area contributed by atoms with Crippen molar-refractivity contribution in [2.24, 2.45) is 0 Å². The van der Waals surface area contributed by atoms with Gasteiger partial charge in [0.15, 0.2) is 0 Å². The summed E-state index contributed by atoms with van der Waals surface area (Å²) in [5.74, 6) is 0. The molecule has 0 unspecified atom stereocenters. The minimum absolute atomic E-state index is 0.497. The molecule has 0 fully saturated rings. The molecule has 5 heteroatoms. The largest absolute Gasteiger partial charge is 0.252 e. The number of aromatic nitrogens is 2. The molecule has 1 aromatic heterocycles. The van der Waals surface area contributed by atoms with Gasteiger partial charge < -0.3 is 0 Å². The third kappa shape index (κ3) is 2.52. The van der Waals surface area contributed by atoms with E-state index in [9.17, 15) is 0 Å². The maximum Gasteiger partial charge on any atom is 0.0902 e. The summed E-state index contributed by atoms with van der Waals surface area (Å²) in [6.45, 7) is 0. The van der Waals surface area contributed by atoms with E-state index in [1.165, 1.54) is 0 Å². The van der Waals surface area contributed by atoms with Gasteiger partial charge in [0.05, 0.1) is 33.0 Å². The first-order valence-electron chi connectivity index (χ1n) is 5.51. The standard InChI is InChI=1S/C14H7Cl3N2/c15-9-2-4-12-13(6-9)18-7-14(19-12)8-1-3-10(16)11(17)5-8/h1-7H. The first-order chi connectivity index (χ1) is 9.13. The molecule has 0 aliphatic rings. The van der Waals surface area contributed by atoms with E-state index >= 15 is 0 Å². The molecule has 0 saturated heterocycles. The lowest BCUT2D eigenvalue weighted by atomic mass is 10.1. The minimum Gasteiger partial charge on any atom is -0.252 e. The van der Waals surface area contributed by atoms with Gasteiger partial charge in [0.25, 0.3) is 0 Å². The Morgan fingerprint density at radius 2 is 1.63 bits per heavy atom. The summed E-state index contributed by atoms with van der Waals surface area (Å²) in [6.07, 6.45) is 1.69. The quantitative estimate of drug-likeness (QED) is 0.613. The highest BCUT2D eigenvalue weighted by atomic mass is 35.5. The number of halogens is 3. The Labute approximate surface area is 125 Å². The molecule has 0 aliphatic carbocycles. The van der Waals surface area contributed by atoms with Gasteiger partial charge in [0, 0.05) is 10.6 Å². The van der Waals surface area contributed by atoms with E-state index in [1.807, 2.05) is 12.1 Å². The van der Waals surface area contributed by atoms with Crippen LogP contribution >= 0.6 is 34.8 Å². The van der Waals surface area contributed by atoms with E-state index in [0.29, 0.717) is 15.1 Å². The van der Waals surface area contributed by atoms with Gasteiger partial charge in [-0.2, -0.15) is 0 Å². The highest BCUT2D eigenvalue weighted by molar-refractivity contribution is 6.42. The van der Waals surface area contributed by atoms with E-state index < -0.39 is 0 Å². The van der Waals surface area contributed by atoms with Gasteiger partial charge in [-0.1, -0.05) is 40.9 Å². The van der Waals surface area contributed by atoms with Crippen LogP contribution in [0.4, 0.5) is 0 Å². The second-order valence-corrected chi connectivity index (χ2v) is 5.27. The van der Waals surface area contributed by atoms with Crippen molar-refractivity contribution in [1.29, 1.82) is 0 Å². The molecule has 0 N–H and O–H groups in total. The SMILES string of the molecule is Clc1ccc2nc(-c3ccc(Cl)c(Cl)c3)cnc2c1. The van der Waals surface area contributed by atoms with Crippen LogP contribution in [0.3, 0.4) is 0 Å². The van der Waals surface area contributed by atoms with Gasteiger partial charge in [-0.05, 0) is 30.3 Å². The van der Waals surface area contributed by atoms with Crippen LogP contribution in [0.25, 0.3) is 22.3 Å². The van der Waals surface area contributed by atoms with Crippen molar-refractivity contribution in [1.82, 2.24) is 9.97 Å². The fraction of sp³-hybridized carbons (Fsp3) is 0. The lowest BCUT2D eigenvalue weighted by Gasteiger charge is -2.04. The molecule has 3 aromatic rings. The van der Waals surface area contributed by atoms with Gasteiger partial charge in [0.1, 0.15) is 0 Å². The van der Waals surface area contributed by atoms with Crippen LogP contribution in [0.2, 0.25) is 15.1 Å². The summed E-state index contributed by atoms with van der Waals surface area (Å²) in [4.78, 5) is 8.88. The van der Waals surface area contributed by atoms with Gasteiger partial charge >= 0.3 is 0 Å². The van der Waals surface area contributed by atoms with Crippen molar-refractivity contribution in [2.75, 3.05) is 0 Å². The Bertz CT molecular complexity index is 772. The first kappa shape index (κ1) is 12.7. The van der Waals surface area contributed by atoms with E-state index in [4.69, 9.17) is 34.8 Å². The zero-order chi connectivity index (χ0) is 13.4. The molecule has 0 radical (unpaired) electrons. The number of hydrogen-bond donors (Lipinski definition) is 0. The van der Waals surface area contributed by atoms with Crippen molar-refractivity contribution in [3.8, 4) is 11.3 Å². The van der Waals surface area contributed by atoms with Crippen LogP contribution in [-0.2, 0) is 0 Å². The summed E-state index contributed by atoms with van der Waals surface area (Å²) in [6, 6.07) is 10.8. The molecule has 2 aromatic carbocycles. The minimum atomic E-state index is 0.497. The van der Waals surface area contributed by atoms with Crippen LogP contribution in [0.1, 0.15) is 0 Å². The third-order valence-electron chi connectivity index (χ3n) is 2.72. The molecule has 0 aliphatic heterocycles. The van der Waals surface area contributed by atoms with Crippen LogP contribution in [0.15, 0.2) is 42.6 Å². The molecule has 19 heavy (non-hydrogen) atoms. The first-order valence-corrected chi connectivity index (χ1v) is 6.64. The molecule has 1 heterocycles. The molecule has 0 spiro atoms. The molecule has 3 rings (SSSR count).